The zero-order chi connectivity index (χ0) is 23.2. The largest absolute Gasteiger partial charge is 0.414 e. The summed E-state index contributed by atoms with van der Waals surface area (Å²) in [6.07, 6.45) is -1.14. The molecule has 0 spiro atoms. The first-order chi connectivity index (χ1) is 15.2. The zero-order valence-electron chi connectivity index (χ0n) is 16.2. The van der Waals surface area contributed by atoms with Gasteiger partial charge in [0.05, 0.1) is 17.6 Å². The number of rotatable bonds is 5. The molecule has 0 amide bonds. The first-order valence-corrected chi connectivity index (χ1v) is 9.92. The lowest BCUT2D eigenvalue weighted by Gasteiger charge is -2.32. The van der Waals surface area contributed by atoms with Crippen LogP contribution >= 0.6 is 11.6 Å². The van der Waals surface area contributed by atoms with Gasteiger partial charge < -0.3 is 4.84 Å². The lowest BCUT2D eigenvalue weighted by Crippen LogP contribution is -2.46. The van der Waals surface area contributed by atoms with E-state index in [1.807, 2.05) is 0 Å². The molecule has 1 aromatic carbocycles. The van der Waals surface area contributed by atoms with E-state index in [9.17, 15) is 27.2 Å². The highest BCUT2D eigenvalue weighted by molar-refractivity contribution is 6.31. The summed E-state index contributed by atoms with van der Waals surface area (Å²) in [4.78, 5) is 4.72. The molecule has 2 aliphatic carbocycles. The maximum atomic E-state index is 14.2. The number of nitrogens with two attached hydrogens (primary N) is 1. The van der Waals surface area contributed by atoms with Gasteiger partial charge in [0.25, 0.3) is 0 Å². The Hall–Kier alpha value is -2.90. The molecule has 3 aliphatic rings. The van der Waals surface area contributed by atoms with Crippen molar-refractivity contribution in [2.24, 2.45) is 28.8 Å². The molecule has 1 fully saturated rings. The van der Waals surface area contributed by atoms with Gasteiger partial charge in [-0.05, 0) is 18.2 Å². The minimum atomic E-state index is -4.83. The fourth-order valence-electron chi connectivity index (χ4n) is 4.14. The predicted molar refractivity (Wildman–Crippen MR) is 106 cm³/mol. The van der Waals surface area contributed by atoms with Crippen LogP contribution in [0.3, 0.4) is 0 Å². The smallest absolute Gasteiger partial charge is 0.411 e. The highest BCUT2D eigenvalue weighted by Crippen LogP contribution is 2.53. The van der Waals surface area contributed by atoms with E-state index < -0.39 is 54.1 Å². The second-order valence-corrected chi connectivity index (χ2v) is 8.00. The number of benzene rings is 1. The summed E-state index contributed by atoms with van der Waals surface area (Å²) in [5.41, 5.74) is -0.341. The minimum Gasteiger partial charge on any atom is -0.414 e. The number of hydrogen-bond donors (Lipinski definition) is 1. The molecule has 0 aromatic heterocycles. The molecule has 5 atom stereocenters. The average Bonchev–Trinajstić information content (AvgIpc) is 3.20. The average molecular weight is 471 g/mol. The third-order valence-corrected chi connectivity index (χ3v) is 6.11. The molecule has 11 heteroatoms. The highest BCUT2D eigenvalue weighted by atomic mass is 35.5. The molecular weight excluding hydrogens is 455 g/mol. The Labute approximate surface area is 184 Å². The first-order valence-electron chi connectivity index (χ1n) is 9.54. The number of alkyl halides is 4. The number of hydrogen-bond acceptors (Lipinski definition) is 5. The van der Waals surface area contributed by atoms with Crippen molar-refractivity contribution < 1.29 is 26.8 Å². The molecule has 4 rings (SSSR count). The quantitative estimate of drug-likeness (QED) is 0.296. The van der Waals surface area contributed by atoms with Gasteiger partial charge in [0.15, 0.2) is 6.04 Å². The Kier molecular flexibility index (Phi) is 5.73. The predicted octanol–water partition coefficient (Wildman–Crippen LogP) is 4.58. The van der Waals surface area contributed by atoms with E-state index in [4.69, 9.17) is 22.3 Å². The Morgan fingerprint density at radius 1 is 1.34 bits per heavy atom. The van der Waals surface area contributed by atoms with Crippen LogP contribution in [0.2, 0.25) is 5.02 Å². The maximum Gasteiger partial charge on any atom is 0.411 e. The highest BCUT2D eigenvalue weighted by Gasteiger charge is 2.60. The minimum absolute atomic E-state index is 0.00359. The zero-order valence-corrected chi connectivity index (χ0v) is 17.0. The van der Waals surface area contributed by atoms with Crippen molar-refractivity contribution in [2.75, 3.05) is 0 Å². The van der Waals surface area contributed by atoms with Crippen LogP contribution in [0, 0.1) is 34.9 Å². The standard InChI is InChI=1S/C21H16ClF5N4O/c22-14-4-2-5-15(23)12(14)7-10(8-28)19(32-29)13-9-30-31(20(13)21(25,26)27)16-6-1-3-11-17(16)18(11)24/h1-6,9,11,13,17-18,20H,7,29H2/b19-10+/t11?,13?,17-,18?,20?/m0/s1. The van der Waals surface area contributed by atoms with Crippen LogP contribution in [0.15, 0.2) is 58.6 Å². The normalized spacial score (nSPS) is 29.2. The number of halogens is 6. The Balaban J connectivity index is 1.73. The molecule has 1 heterocycles. The number of allylic oxidation sites excluding steroid dienone is 5. The third-order valence-electron chi connectivity index (χ3n) is 5.76. The number of hydrazone groups is 1. The molecule has 1 aliphatic heterocycles. The molecule has 5 nitrogen and oxygen atoms in total. The van der Waals surface area contributed by atoms with E-state index in [1.165, 1.54) is 24.3 Å². The van der Waals surface area contributed by atoms with Gasteiger partial charge >= 0.3 is 6.18 Å². The van der Waals surface area contributed by atoms with Crippen LogP contribution in [0.5, 0.6) is 0 Å². The lowest BCUT2D eigenvalue weighted by molar-refractivity contribution is -0.183. The fourth-order valence-corrected chi connectivity index (χ4v) is 4.37. The van der Waals surface area contributed by atoms with Crippen molar-refractivity contribution in [3.8, 4) is 6.07 Å². The molecule has 1 aromatic rings. The molecule has 0 bridgehead atoms. The van der Waals surface area contributed by atoms with Gasteiger partial charge in [0, 0.05) is 40.8 Å². The van der Waals surface area contributed by atoms with E-state index in [2.05, 4.69) is 5.10 Å². The van der Waals surface area contributed by atoms with Gasteiger partial charge in [-0.3, -0.25) is 5.01 Å². The van der Waals surface area contributed by atoms with Crippen LogP contribution in [0.4, 0.5) is 22.0 Å². The van der Waals surface area contributed by atoms with Crippen LogP contribution < -0.4 is 5.90 Å². The molecule has 168 valence electrons. The number of nitriles is 1. The van der Waals surface area contributed by atoms with Gasteiger partial charge in [-0.25, -0.2) is 8.78 Å². The summed E-state index contributed by atoms with van der Waals surface area (Å²) in [6, 6.07) is 3.31. The molecule has 0 radical (unpaired) electrons. The maximum absolute atomic E-state index is 14.2. The van der Waals surface area contributed by atoms with Crippen molar-refractivity contribution in [1.29, 1.82) is 5.26 Å². The first kappa shape index (κ1) is 22.3. The number of fused-ring (bicyclic) bond motifs is 1. The molecule has 32 heavy (non-hydrogen) atoms. The van der Waals surface area contributed by atoms with E-state index in [-0.39, 0.29) is 21.9 Å². The Morgan fingerprint density at radius 2 is 2.09 bits per heavy atom. The van der Waals surface area contributed by atoms with Crippen LogP contribution in [-0.2, 0) is 11.3 Å². The third kappa shape index (κ3) is 3.76. The van der Waals surface area contributed by atoms with Crippen molar-refractivity contribution in [2.45, 2.75) is 24.8 Å². The monoisotopic (exact) mass is 470 g/mol. The van der Waals surface area contributed by atoms with Gasteiger partial charge in [-0.2, -0.15) is 29.4 Å². The van der Waals surface area contributed by atoms with E-state index >= 15 is 0 Å². The molecular formula is C21H16ClF5N4O. The number of nitrogens with zero attached hydrogens (tertiary/aromatic N) is 3. The second kappa shape index (κ2) is 8.22. The second-order valence-electron chi connectivity index (χ2n) is 7.59. The summed E-state index contributed by atoms with van der Waals surface area (Å²) in [7, 11) is 0. The lowest BCUT2D eigenvalue weighted by atomic mass is 9.92. The van der Waals surface area contributed by atoms with Crippen LogP contribution in [-0.4, -0.2) is 29.6 Å². The Bertz CT molecular complexity index is 1070. The van der Waals surface area contributed by atoms with Gasteiger partial charge in [-0.15, -0.1) is 0 Å². The van der Waals surface area contributed by atoms with Crippen LogP contribution in [0.1, 0.15) is 5.56 Å². The van der Waals surface area contributed by atoms with E-state index in [0.29, 0.717) is 5.01 Å². The fraction of sp³-hybridized carbons (Fsp3) is 0.333. The summed E-state index contributed by atoms with van der Waals surface area (Å²) < 4.78 is 70.6. The molecule has 0 saturated heterocycles. The summed E-state index contributed by atoms with van der Waals surface area (Å²) in [5, 5.41) is 14.2. The molecule has 1 saturated carbocycles. The van der Waals surface area contributed by atoms with Crippen molar-refractivity contribution >= 4 is 17.8 Å². The van der Waals surface area contributed by atoms with E-state index in [0.717, 1.165) is 12.3 Å². The molecule has 2 N–H and O–H groups in total. The molecule has 4 unspecified atom stereocenters. The van der Waals surface area contributed by atoms with Crippen LogP contribution in [0.25, 0.3) is 0 Å². The topological polar surface area (TPSA) is 74.6 Å². The van der Waals surface area contributed by atoms with Crippen molar-refractivity contribution in [3.63, 3.8) is 0 Å². The summed E-state index contributed by atoms with van der Waals surface area (Å²) >= 11 is 5.99. The SMILES string of the molecule is N#C/C(Cc1c(F)cccc1Cl)=C(/ON)C1C=NN(C2=CC=CC3C(F)[C@H]23)C1C(F)(F)F. The van der Waals surface area contributed by atoms with Crippen molar-refractivity contribution in [3.05, 3.63) is 69.9 Å². The van der Waals surface area contributed by atoms with Gasteiger partial charge in [0.2, 0.25) is 0 Å². The van der Waals surface area contributed by atoms with Crippen molar-refractivity contribution in [1.82, 2.24) is 5.01 Å². The van der Waals surface area contributed by atoms with E-state index in [1.54, 1.807) is 12.1 Å². The van der Waals surface area contributed by atoms with Gasteiger partial charge in [0.1, 0.15) is 17.7 Å². The summed E-state index contributed by atoms with van der Waals surface area (Å²) in [5.74, 6) is 1.21. The summed E-state index contributed by atoms with van der Waals surface area (Å²) in [6.45, 7) is 0. The Morgan fingerprint density at radius 3 is 2.72 bits per heavy atom. The van der Waals surface area contributed by atoms with Gasteiger partial charge in [-0.1, -0.05) is 29.8 Å².